The Balaban J connectivity index is 1.51. The van der Waals surface area contributed by atoms with E-state index in [1.165, 1.54) is 51.4 Å². The van der Waals surface area contributed by atoms with Crippen molar-refractivity contribution in [2.24, 2.45) is 0 Å². The van der Waals surface area contributed by atoms with Crippen LogP contribution in [0.2, 0.25) is 0 Å². The quantitative estimate of drug-likeness (QED) is 0.555. The van der Waals surface area contributed by atoms with E-state index in [2.05, 4.69) is 0 Å². The SMILES string of the molecule is C1CCCCCC23OC2(CCCC1)O3. The first-order valence-electron chi connectivity index (χ1n) is 6.27. The second kappa shape index (κ2) is 3.21. The Bertz CT molecular complexity index is 196. The van der Waals surface area contributed by atoms with Gasteiger partial charge in [-0.2, -0.15) is 0 Å². The molecule has 0 aromatic heterocycles. The molecule has 0 atom stereocenters. The van der Waals surface area contributed by atoms with Gasteiger partial charge in [-0.05, 0) is 12.8 Å². The Morgan fingerprint density at radius 2 is 0.857 bits per heavy atom. The van der Waals surface area contributed by atoms with Gasteiger partial charge in [-0.3, -0.25) is 0 Å². The highest BCUT2D eigenvalue weighted by Gasteiger charge is 2.89. The summed E-state index contributed by atoms with van der Waals surface area (Å²) in [6, 6.07) is 0. The monoisotopic (exact) mass is 196 g/mol. The largest absolute Gasteiger partial charge is 0.307 e. The summed E-state index contributed by atoms with van der Waals surface area (Å²) in [5, 5.41) is 0. The molecule has 3 fully saturated rings. The van der Waals surface area contributed by atoms with Crippen LogP contribution in [0.15, 0.2) is 0 Å². The average molecular weight is 196 g/mol. The molecule has 1 saturated carbocycles. The maximum atomic E-state index is 5.67. The van der Waals surface area contributed by atoms with E-state index in [-0.39, 0.29) is 11.6 Å². The maximum Gasteiger partial charge on any atom is 0.229 e. The van der Waals surface area contributed by atoms with E-state index in [1.807, 2.05) is 0 Å². The van der Waals surface area contributed by atoms with Gasteiger partial charge in [-0.25, -0.2) is 0 Å². The van der Waals surface area contributed by atoms with E-state index >= 15 is 0 Å². The number of rotatable bonds is 0. The van der Waals surface area contributed by atoms with Crippen molar-refractivity contribution in [3.05, 3.63) is 0 Å². The van der Waals surface area contributed by atoms with Crippen molar-refractivity contribution in [2.45, 2.75) is 75.8 Å². The van der Waals surface area contributed by atoms with E-state index < -0.39 is 0 Å². The molecule has 0 spiro atoms. The van der Waals surface area contributed by atoms with Gasteiger partial charge in [0.1, 0.15) is 0 Å². The minimum absolute atomic E-state index is 0.0633. The molecule has 0 aromatic rings. The van der Waals surface area contributed by atoms with Gasteiger partial charge in [0.05, 0.1) is 0 Å². The second-order valence-electron chi connectivity index (χ2n) is 5.04. The van der Waals surface area contributed by atoms with Crippen LogP contribution in [0.4, 0.5) is 0 Å². The predicted octanol–water partition coefficient (Wildman–Crippen LogP) is 3.35. The summed E-state index contributed by atoms with van der Waals surface area (Å²) in [4.78, 5) is 0. The van der Waals surface area contributed by atoms with Crippen LogP contribution in [0.25, 0.3) is 0 Å². The van der Waals surface area contributed by atoms with Crippen molar-refractivity contribution in [3.8, 4) is 0 Å². The summed E-state index contributed by atoms with van der Waals surface area (Å²) in [7, 11) is 0. The van der Waals surface area contributed by atoms with Crippen molar-refractivity contribution in [1.29, 1.82) is 0 Å². The van der Waals surface area contributed by atoms with Crippen molar-refractivity contribution in [3.63, 3.8) is 0 Å². The fourth-order valence-electron chi connectivity index (χ4n) is 2.85. The van der Waals surface area contributed by atoms with Crippen molar-refractivity contribution >= 4 is 0 Å². The molecule has 1 aliphatic carbocycles. The molecular formula is C12H20O2. The van der Waals surface area contributed by atoms with Crippen LogP contribution in [0.1, 0.15) is 64.2 Å². The van der Waals surface area contributed by atoms with Gasteiger partial charge in [0.25, 0.3) is 0 Å². The second-order valence-corrected chi connectivity index (χ2v) is 5.04. The molecule has 0 N–H and O–H groups in total. The van der Waals surface area contributed by atoms with Crippen LogP contribution >= 0.6 is 0 Å². The number of hydrogen-bond acceptors (Lipinski definition) is 2. The molecule has 0 aromatic carbocycles. The minimum atomic E-state index is -0.0633. The summed E-state index contributed by atoms with van der Waals surface area (Å²) < 4.78 is 11.3. The van der Waals surface area contributed by atoms with Crippen molar-refractivity contribution < 1.29 is 9.47 Å². The molecule has 80 valence electrons. The lowest BCUT2D eigenvalue weighted by Gasteiger charge is -2.01. The van der Waals surface area contributed by atoms with E-state index in [1.54, 1.807) is 0 Å². The van der Waals surface area contributed by atoms with Gasteiger partial charge in [0.15, 0.2) is 0 Å². The number of ether oxygens (including phenoxy) is 2. The highest BCUT2D eigenvalue weighted by molar-refractivity contribution is 5.17. The molecule has 0 bridgehead atoms. The molecule has 3 aliphatic rings. The zero-order chi connectivity index (χ0) is 9.49. The molecule has 2 heterocycles. The van der Waals surface area contributed by atoms with Gasteiger partial charge < -0.3 is 9.47 Å². The molecule has 3 rings (SSSR count). The molecule has 2 heteroatoms. The molecular weight excluding hydrogens is 176 g/mol. The van der Waals surface area contributed by atoms with E-state index in [0.717, 1.165) is 12.8 Å². The van der Waals surface area contributed by atoms with Crippen molar-refractivity contribution in [1.82, 2.24) is 0 Å². The number of epoxide rings is 2. The van der Waals surface area contributed by atoms with Crippen LogP contribution < -0.4 is 0 Å². The molecule has 0 radical (unpaired) electrons. The molecule has 0 unspecified atom stereocenters. The molecule has 14 heavy (non-hydrogen) atoms. The third-order valence-electron chi connectivity index (χ3n) is 3.92. The zero-order valence-corrected chi connectivity index (χ0v) is 8.89. The zero-order valence-electron chi connectivity index (χ0n) is 8.89. The molecule has 2 saturated heterocycles. The highest BCUT2D eigenvalue weighted by atomic mass is 17.0. The summed E-state index contributed by atoms with van der Waals surface area (Å²) in [5.41, 5.74) is 0. The summed E-state index contributed by atoms with van der Waals surface area (Å²) in [6.45, 7) is 0. The standard InChI is InChI=1S/C12H20O2/c1-2-4-6-8-10-12-11(13-12,14-12)9-7-5-3-1/h1-10H2. The van der Waals surface area contributed by atoms with E-state index in [9.17, 15) is 0 Å². The third-order valence-corrected chi connectivity index (χ3v) is 3.92. The molecule has 2 aliphatic heterocycles. The van der Waals surface area contributed by atoms with Gasteiger partial charge in [-0.15, -0.1) is 0 Å². The van der Waals surface area contributed by atoms with Gasteiger partial charge in [0, 0.05) is 12.8 Å². The average Bonchev–Trinajstić information content (AvgIpc) is 2.90. The Labute approximate surface area is 86.0 Å². The summed E-state index contributed by atoms with van der Waals surface area (Å²) >= 11 is 0. The van der Waals surface area contributed by atoms with Gasteiger partial charge >= 0.3 is 0 Å². The van der Waals surface area contributed by atoms with Gasteiger partial charge in [-0.1, -0.05) is 38.5 Å². The smallest absolute Gasteiger partial charge is 0.229 e. The van der Waals surface area contributed by atoms with Crippen molar-refractivity contribution in [2.75, 3.05) is 0 Å². The van der Waals surface area contributed by atoms with Crippen LogP contribution in [-0.2, 0) is 9.47 Å². The molecule has 0 amide bonds. The predicted molar refractivity (Wildman–Crippen MR) is 53.8 cm³/mol. The highest BCUT2D eigenvalue weighted by Crippen LogP contribution is 2.72. The van der Waals surface area contributed by atoms with Crippen LogP contribution in [0.5, 0.6) is 0 Å². The van der Waals surface area contributed by atoms with Gasteiger partial charge in [0.2, 0.25) is 11.6 Å². The fourth-order valence-corrected chi connectivity index (χ4v) is 2.85. The number of hydrogen-bond donors (Lipinski definition) is 0. The summed E-state index contributed by atoms with van der Waals surface area (Å²) in [5.74, 6) is -0.127. The lowest BCUT2D eigenvalue weighted by atomic mass is 10.0. The van der Waals surface area contributed by atoms with Crippen LogP contribution in [0, 0.1) is 0 Å². The Morgan fingerprint density at radius 3 is 1.29 bits per heavy atom. The Hall–Kier alpha value is -0.0800. The Kier molecular flexibility index (Phi) is 2.10. The first kappa shape index (κ1) is 9.17. The lowest BCUT2D eigenvalue weighted by Crippen LogP contribution is -1.98. The van der Waals surface area contributed by atoms with E-state index in [0.29, 0.717) is 0 Å². The van der Waals surface area contributed by atoms with E-state index in [4.69, 9.17) is 9.47 Å². The third kappa shape index (κ3) is 1.40. The van der Waals surface area contributed by atoms with Crippen LogP contribution in [0.3, 0.4) is 0 Å². The summed E-state index contributed by atoms with van der Waals surface area (Å²) in [6.07, 6.45) is 13.3. The Morgan fingerprint density at radius 1 is 0.500 bits per heavy atom. The van der Waals surface area contributed by atoms with Crippen LogP contribution in [-0.4, -0.2) is 11.6 Å². The normalized spacial score (nSPS) is 48.0. The first-order valence-corrected chi connectivity index (χ1v) is 6.27. The fraction of sp³-hybridized carbons (Fsp3) is 1.00. The first-order chi connectivity index (χ1) is 6.87. The maximum absolute atomic E-state index is 5.67. The molecule has 2 nitrogen and oxygen atoms in total. The topological polar surface area (TPSA) is 25.1 Å². The lowest BCUT2D eigenvalue weighted by molar-refractivity contribution is -0.102. The minimum Gasteiger partial charge on any atom is -0.307 e.